The monoisotopic (exact) mass is 712 g/mol. The number of fused-ring (bicyclic) bond motifs is 4. The standard InChI is InChI=1S/C22H21ClN2S.C18H21ClN2S/c23-18-11-12-22-20(15-18)25(19-9-4-5-10-21(19)26-22)14-6-13-24-16-17-7-2-1-3-8-17;1-13(2)20-10-5-11-21-15-6-3-4-7-17(15)22-18-9-8-14(19)12-16(18)21/h1-5,7-12,15,24H,6,13-14,16H2;3-4,6-9,12-13,20H,5,10-11H2,1-2H3. The molecule has 2 aliphatic heterocycles. The Kier molecular flexibility index (Phi) is 12.3. The van der Waals surface area contributed by atoms with Crippen LogP contribution in [0.4, 0.5) is 22.7 Å². The van der Waals surface area contributed by atoms with Crippen LogP contribution in [-0.4, -0.2) is 32.2 Å². The van der Waals surface area contributed by atoms with Gasteiger partial charge in [0.2, 0.25) is 0 Å². The van der Waals surface area contributed by atoms with E-state index in [1.54, 1.807) is 0 Å². The molecule has 248 valence electrons. The second-order valence-corrected chi connectivity index (χ2v) is 15.2. The highest BCUT2D eigenvalue weighted by atomic mass is 35.5. The van der Waals surface area contributed by atoms with E-state index in [2.05, 4.69) is 137 Å². The van der Waals surface area contributed by atoms with Gasteiger partial charge in [-0.15, -0.1) is 0 Å². The Bertz CT molecular complexity index is 1800. The van der Waals surface area contributed by atoms with E-state index in [1.165, 1.54) is 47.9 Å². The van der Waals surface area contributed by atoms with Crippen molar-refractivity contribution < 1.29 is 0 Å². The van der Waals surface area contributed by atoms with Crippen molar-refractivity contribution in [3.05, 3.63) is 131 Å². The molecule has 0 aromatic heterocycles. The van der Waals surface area contributed by atoms with Crippen molar-refractivity contribution in [2.24, 2.45) is 0 Å². The quantitative estimate of drug-likeness (QED) is 0.133. The fourth-order valence-corrected chi connectivity index (χ4v) is 8.39. The van der Waals surface area contributed by atoms with Crippen molar-refractivity contribution in [3.63, 3.8) is 0 Å². The zero-order valence-corrected chi connectivity index (χ0v) is 30.6. The van der Waals surface area contributed by atoms with Crippen LogP contribution in [0.3, 0.4) is 0 Å². The second-order valence-electron chi connectivity index (χ2n) is 12.1. The molecule has 0 unspecified atom stereocenters. The zero-order valence-electron chi connectivity index (χ0n) is 27.5. The molecule has 2 heterocycles. The van der Waals surface area contributed by atoms with E-state index >= 15 is 0 Å². The van der Waals surface area contributed by atoms with Crippen molar-refractivity contribution in [3.8, 4) is 0 Å². The van der Waals surface area contributed by atoms with Crippen LogP contribution in [0.15, 0.2) is 135 Å². The number of benzene rings is 5. The molecule has 0 radical (unpaired) electrons. The lowest BCUT2D eigenvalue weighted by molar-refractivity contribution is 0.572. The van der Waals surface area contributed by atoms with Gasteiger partial charge in [0.05, 0.1) is 22.7 Å². The van der Waals surface area contributed by atoms with Crippen molar-refractivity contribution in [2.75, 3.05) is 36.0 Å². The fraction of sp³-hybridized carbons (Fsp3) is 0.250. The van der Waals surface area contributed by atoms with E-state index in [1.807, 2.05) is 35.7 Å². The SMILES string of the molecule is CC(C)NCCCN1c2ccccc2Sc2ccc(Cl)cc21.Clc1ccc2c(c1)N(CCCNCc1ccccc1)c1ccccc1S2. The number of rotatable bonds is 11. The van der Waals surface area contributed by atoms with Crippen molar-refractivity contribution in [1.29, 1.82) is 0 Å². The summed E-state index contributed by atoms with van der Waals surface area (Å²) in [6.45, 7) is 9.24. The van der Waals surface area contributed by atoms with E-state index in [0.717, 1.165) is 55.6 Å². The molecule has 2 aliphatic rings. The molecule has 8 heteroatoms. The van der Waals surface area contributed by atoms with Gasteiger partial charge in [-0.1, -0.05) is 115 Å². The van der Waals surface area contributed by atoms with Gasteiger partial charge in [0.15, 0.2) is 0 Å². The predicted molar refractivity (Wildman–Crippen MR) is 209 cm³/mol. The van der Waals surface area contributed by atoms with Gasteiger partial charge in [-0.25, -0.2) is 0 Å². The summed E-state index contributed by atoms with van der Waals surface area (Å²) in [5.74, 6) is 0. The van der Waals surface area contributed by atoms with Gasteiger partial charge in [0.1, 0.15) is 0 Å². The number of hydrogen-bond donors (Lipinski definition) is 2. The van der Waals surface area contributed by atoms with Gasteiger partial charge in [-0.2, -0.15) is 0 Å². The molecule has 5 aromatic carbocycles. The van der Waals surface area contributed by atoms with Crippen LogP contribution in [-0.2, 0) is 6.54 Å². The molecule has 2 N–H and O–H groups in total. The molecule has 4 nitrogen and oxygen atoms in total. The number of anilines is 4. The smallest absolute Gasteiger partial charge is 0.0567 e. The van der Waals surface area contributed by atoms with Crippen molar-refractivity contribution in [2.45, 2.75) is 58.9 Å². The third-order valence-corrected chi connectivity index (χ3v) is 10.9. The first-order chi connectivity index (χ1) is 23.5. The van der Waals surface area contributed by atoms with Gasteiger partial charge < -0.3 is 20.4 Å². The Morgan fingerprint density at radius 3 is 1.58 bits per heavy atom. The first-order valence-electron chi connectivity index (χ1n) is 16.6. The summed E-state index contributed by atoms with van der Waals surface area (Å²) in [6, 6.07) is 40.6. The molecule has 5 aromatic rings. The number of nitrogens with zero attached hydrogens (tertiary/aromatic N) is 2. The average Bonchev–Trinajstić information content (AvgIpc) is 3.10. The maximum absolute atomic E-state index is 6.27. The number of halogens is 2. The van der Waals surface area contributed by atoms with Crippen molar-refractivity contribution in [1.82, 2.24) is 10.6 Å². The van der Waals surface area contributed by atoms with Crippen LogP contribution in [0.25, 0.3) is 0 Å². The van der Waals surface area contributed by atoms with Crippen LogP contribution in [0.1, 0.15) is 32.3 Å². The fourth-order valence-electron chi connectivity index (χ4n) is 5.91. The highest BCUT2D eigenvalue weighted by Crippen LogP contribution is 2.50. The lowest BCUT2D eigenvalue weighted by Gasteiger charge is -2.33. The van der Waals surface area contributed by atoms with E-state index in [9.17, 15) is 0 Å². The summed E-state index contributed by atoms with van der Waals surface area (Å²) in [7, 11) is 0. The summed E-state index contributed by atoms with van der Waals surface area (Å²) >= 11 is 16.1. The maximum Gasteiger partial charge on any atom is 0.0567 e. The summed E-state index contributed by atoms with van der Waals surface area (Å²) in [6.07, 6.45) is 2.17. The Morgan fingerprint density at radius 2 is 1.04 bits per heavy atom. The third kappa shape index (κ3) is 8.92. The van der Waals surface area contributed by atoms with Gasteiger partial charge >= 0.3 is 0 Å². The minimum absolute atomic E-state index is 0.533. The average molecular weight is 714 g/mol. The topological polar surface area (TPSA) is 30.5 Å². The van der Waals surface area contributed by atoms with E-state index < -0.39 is 0 Å². The van der Waals surface area contributed by atoms with Crippen LogP contribution in [0.2, 0.25) is 10.0 Å². The molecule has 0 saturated carbocycles. The van der Waals surface area contributed by atoms with Crippen LogP contribution < -0.4 is 20.4 Å². The van der Waals surface area contributed by atoms with Crippen LogP contribution >= 0.6 is 46.7 Å². The largest absolute Gasteiger partial charge is 0.340 e. The first kappa shape index (κ1) is 34.8. The highest BCUT2D eigenvalue weighted by Gasteiger charge is 2.24. The van der Waals surface area contributed by atoms with E-state index in [4.69, 9.17) is 23.2 Å². The molecular weight excluding hydrogens is 672 g/mol. The van der Waals surface area contributed by atoms with Gasteiger partial charge in [-0.3, -0.25) is 0 Å². The summed E-state index contributed by atoms with van der Waals surface area (Å²) < 4.78 is 0. The van der Waals surface area contributed by atoms with E-state index in [0.29, 0.717) is 6.04 Å². The third-order valence-electron chi connectivity index (χ3n) is 8.19. The Morgan fingerprint density at radius 1 is 0.562 bits per heavy atom. The minimum atomic E-state index is 0.533. The molecule has 0 amide bonds. The Labute approximate surface area is 304 Å². The minimum Gasteiger partial charge on any atom is -0.340 e. The second kappa shape index (κ2) is 17.0. The Hall–Kier alpha value is -3.10. The zero-order chi connectivity index (χ0) is 33.3. The lowest BCUT2D eigenvalue weighted by Crippen LogP contribution is -2.28. The molecule has 0 saturated heterocycles. The van der Waals surface area contributed by atoms with Gasteiger partial charge in [-0.05, 0) is 92.2 Å². The van der Waals surface area contributed by atoms with Crippen LogP contribution in [0, 0.1) is 0 Å². The lowest BCUT2D eigenvalue weighted by atomic mass is 10.2. The normalized spacial score (nSPS) is 12.9. The van der Waals surface area contributed by atoms with Crippen LogP contribution in [0.5, 0.6) is 0 Å². The molecule has 0 atom stereocenters. The summed E-state index contributed by atoms with van der Waals surface area (Å²) in [5.41, 5.74) is 6.32. The number of nitrogens with one attached hydrogen (secondary N) is 2. The number of para-hydroxylation sites is 2. The molecular formula is C40H42Cl2N4S2. The molecule has 48 heavy (non-hydrogen) atoms. The van der Waals surface area contributed by atoms with Gasteiger partial charge in [0.25, 0.3) is 0 Å². The highest BCUT2D eigenvalue weighted by molar-refractivity contribution is 8.00. The number of hydrogen-bond acceptors (Lipinski definition) is 6. The van der Waals surface area contributed by atoms with E-state index in [-0.39, 0.29) is 0 Å². The molecule has 0 fully saturated rings. The van der Waals surface area contributed by atoms with Gasteiger partial charge in [0, 0.05) is 55.3 Å². The molecule has 0 bridgehead atoms. The Balaban J connectivity index is 0.000000170. The predicted octanol–water partition coefficient (Wildman–Crippen LogP) is 11.5. The molecule has 0 spiro atoms. The molecule has 0 aliphatic carbocycles. The molecule has 7 rings (SSSR count). The first-order valence-corrected chi connectivity index (χ1v) is 19.0. The summed E-state index contributed by atoms with van der Waals surface area (Å²) in [4.78, 5) is 9.96. The van der Waals surface area contributed by atoms with Crippen molar-refractivity contribution >= 4 is 69.5 Å². The summed E-state index contributed by atoms with van der Waals surface area (Å²) in [5, 5.41) is 8.61. The maximum atomic E-state index is 6.27.